The molecule has 1 aliphatic carbocycles. The van der Waals surface area contributed by atoms with Crippen LogP contribution in [-0.4, -0.2) is 11.2 Å². The van der Waals surface area contributed by atoms with Gasteiger partial charge in [0, 0.05) is 5.02 Å². The highest BCUT2D eigenvalue weighted by atomic mass is 35.5. The molecule has 1 nitrogen and oxygen atoms in total. The van der Waals surface area contributed by atoms with E-state index in [-0.39, 0.29) is 11.9 Å². The van der Waals surface area contributed by atoms with Crippen molar-refractivity contribution in [2.45, 2.75) is 31.8 Å². The summed E-state index contributed by atoms with van der Waals surface area (Å²) in [5.74, 6) is -0.314. The fraction of sp³-hybridized carbons (Fsp3) is 0.385. The second-order valence-corrected chi connectivity index (χ2v) is 4.60. The summed E-state index contributed by atoms with van der Waals surface area (Å²) in [5, 5.41) is 9.96. The number of hydrogen-bond donors (Lipinski definition) is 1. The maximum atomic E-state index is 12.8. The zero-order chi connectivity index (χ0) is 11.5. The highest BCUT2D eigenvalue weighted by molar-refractivity contribution is 6.31. The fourth-order valence-corrected chi connectivity index (χ4v) is 2.27. The first-order valence-corrected chi connectivity index (χ1v) is 5.84. The van der Waals surface area contributed by atoms with Gasteiger partial charge in [-0.25, -0.2) is 4.39 Å². The van der Waals surface area contributed by atoms with Crippen molar-refractivity contribution in [3.63, 3.8) is 0 Å². The van der Waals surface area contributed by atoms with Crippen molar-refractivity contribution >= 4 is 11.6 Å². The van der Waals surface area contributed by atoms with Crippen LogP contribution in [0.15, 0.2) is 29.8 Å². The van der Waals surface area contributed by atoms with Crippen molar-refractivity contribution in [1.29, 1.82) is 0 Å². The SMILES string of the molecule is OC1C=C(Cc2ccc(F)cc2Cl)CCC1. The maximum Gasteiger partial charge on any atom is 0.124 e. The van der Waals surface area contributed by atoms with E-state index in [1.54, 1.807) is 6.07 Å². The van der Waals surface area contributed by atoms with E-state index in [2.05, 4.69) is 0 Å². The smallest absolute Gasteiger partial charge is 0.124 e. The van der Waals surface area contributed by atoms with Crippen molar-refractivity contribution in [1.82, 2.24) is 0 Å². The van der Waals surface area contributed by atoms with Gasteiger partial charge in [0.25, 0.3) is 0 Å². The summed E-state index contributed by atoms with van der Waals surface area (Å²) in [5.41, 5.74) is 2.11. The monoisotopic (exact) mass is 240 g/mol. The Hall–Kier alpha value is -0.860. The molecule has 0 aliphatic heterocycles. The van der Waals surface area contributed by atoms with Gasteiger partial charge in [-0.2, -0.15) is 0 Å². The zero-order valence-electron chi connectivity index (χ0n) is 8.92. The first kappa shape index (κ1) is 11.6. The molecule has 1 aromatic rings. The summed E-state index contributed by atoms with van der Waals surface area (Å²) in [4.78, 5) is 0. The van der Waals surface area contributed by atoms with E-state index in [0.29, 0.717) is 11.4 Å². The maximum absolute atomic E-state index is 12.8. The van der Waals surface area contributed by atoms with E-state index in [1.165, 1.54) is 17.7 Å². The van der Waals surface area contributed by atoms with Gasteiger partial charge in [-0.3, -0.25) is 0 Å². The van der Waals surface area contributed by atoms with Crippen molar-refractivity contribution in [2.75, 3.05) is 0 Å². The third-order valence-corrected chi connectivity index (χ3v) is 3.21. The Balaban J connectivity index is 2.14. The van der Waals surface area contributed by atoms with Crippen molar-refractivity contribution in [2.24, 2.45) is 0 Å². The summed E-state index contributed by atoms with van der Waals surface area (Å²) < 4.78 is 12.8. The quantitative estimate of drug-likeness (QED) is 0.785. The number of rotatable bonds is 2. The second-order valence-electron chi connectivity index (χ2n) is 4.20. The Bertz CT molecular complexity index is 414. The molecule has 1 aromatic carbocycles. The van der Waals surface area contributed by atoms with Gasteiger partial charge in [0.05, 0.1) is 6.10 Å². The molecule has 1 N–H and O–H groups in total. The molecule has 0 fully saturated rings. The summed E-state index contributed by atoms with van der Waals surface area (Å²) in [6, 6.07) is 4.46. The molecule has 0 spiro atoms. The van der Waals surface area contributed by atoms with Crippen LogP contribution in [0.2, 0.25) is 5.02 Å². The molecule has 1 atom stereocenters. The van der Waals surface area contributed by atoms with Crippen LogP contribution in [0.4, 0.5) is 4.39 Å². The average Bonchev–Trinajstić information content (AvgIpc) is 2.22. The highest BCUT2D eigenvalue weighted by Gasteiger charge is 2.12. The summed E-state index contributed by atoms with van der Waals surface area (Å²) in [6.45, 7) is 0. The average molecular weight is 241 g/mol. The molecule has 0 saturated heterocycles. The minimum Gasteiger partial charge on any atom is -0.389 e. The van der Waals surface area contributed by atoms with E-state index < -0.39 is 0 Å². The van der Waals surface area contributed by atoms with Gasteiger partial charge in [-0.1, -0.05) is 29.3 Å². The molecule has 0 saturated carbocycles. The van der Waals surface area contributed by atoms with E-state index in [9.17, 15) is 9.50 Å². The van der Waals surface area contributed by atoms with Gasteiger partial charge in [0.2, 0.25) is 0 Å². The number of aliphatic hydroxyl groups excluding tert-OH is 1. The van der Waals surface area contributed by atoms with Crippen LogP contribution in [-0.2, 0) is 6.42 Å². The molecule has 0 amide bonds. The molecule has 1 unspecified atom stereocenters. The van der Waals surface area contributed by atoms with Crippen LogP contribution in [0, 0.1) is 5.82 Å². The van der Waals surface area contributed by atoms with E-state index in [0.717, 1.165) is 24.8 Å². The number of allylic oxidation sites excluding steroid dienone is 1. The number of aliphatic hydroxyl groups is 1. The molecule has 16 heavy (non-hydrogen) atoms. The van der Waals surface area contributed by atoms with E-state index in [4.69, 9.17) is 11.6 Å². The molecule has 1 aliphatic rings. The lowest BCUT2D eigenvalue weighted by atomic mass is 9.93. The molecular weight excluding hydrogens is 227 g/mol. The summed E-state index contributed by atoms with van der Waals surface area (Å²) in [6.07, 6.45) is 5.10. The van der Waals surface area contributed by atoms with Crippen molar-refractivity contribution in [3.8, 4) is 0 Å². The van der Waals surface area contributed by atoms with Gasteiger partial charge in [-0.15, -0.1) is 0 Å². The topological polar surface area (TPSA) is 20.2 Å². The van der Waals surface area contributed by atoms with Gasteiger partial charge >= 0.3 is 0 Å². The van der Waals surface area contributed by atoms with Gasteiger partial charge in [0.1, 0.15) is 5.82 Å². The van der Waals surface area contributed by atoms with Gasteiger partial charge in [0.15, 0.2) is 0 Å². The normalized spacial score (nSPS) is 20.7. The Morgan fingerprint density at radius 2 is 2.25 bits per heavy atom. The van der Waals surface area contributed by atoms with Gasteiger partial charge in [-0.05, 0) is 43.4 Å². The van der Waals surface area contributed by atoms with Crippen molar-refractivity contribution in [3.05, 3.63) is 46.3 Å². The second kappa shape index (κ2) is 4.98. The fourth-order valence-electron chi connectivity index (χ4n) is 2.03. The standard InChI is InChI=1S/C13H14ClFO/c14-13-8-11(15)5-4-10(13)6-9-2-1-3-12(16)7-9/h4-5,7-8,12,16H,1-3,6H2. The lowest BCUT2D eigenvalue weighted by molar-refractivity contribution is 0.202. The lowest BCUT2D eigenvalue weighted by Crippen LogP contribution is -2.10. The van der Waals surface area contributed by atoms with Gasteiger partial charge < -0.3 is 5.11 Å². The number of hydrogen-bond acceptors (Lipinski definition) is 1. The minimum absolute atomic E-state index is 0.314. The number of halogens is 2. The first-order chi connectivity index (χ1) is 7.65. The van der Waals surface area contributed by atoms with Crippen LogP contribution >= 0.6 is 11.6 Å². The minimum atomic E-state index is -0.331. The van der Waals surface area contributed by atoms with Crippen LogP contribution in [0.5, 0.6) is 0 Å². The van der Waals surface area contributed by atoms with E-state index in [1.807, 2.05) is 6.08 Å². The lowest BCUT2D eigenvalue weighted by Gasteiger charge is -2.17. The first-order valence-electron chi connectivity index (χ1n) is 5.47. The third-order valence-electron chi connectivity index (χ3n) is 2.86. The predicted molar refractivity (Wildman–Crippen MR) is 63.1 cm³/mol. The highest BCUT2D eigenvalue weighted by Crippen LogP contribution is 2.25. The Morgan fingerprint density at radius 1 is 1.44 bits per heavy atom. The molecule has 3 heteroatoms. The Kier molecular flexibility index (Phi) is 3.62. The molecule has 0 aromatic heterocycles. The Morgan fingerprint density at radius 3 is 2.94 bits per heavy atom. The molecule has 2 rings (SSSR count). The predicted octanol–water partition coefficient (Wildman–Crippen LogP) is 3.49. The molecule has 0 radical (unpaired) electrons. The number of benzene rings is 1. The molecular formula is C13H14ClFO. The largest absolute Gasteiger partial charge is 0.389 e. The van der Waals surface area contributed by atoms with Crippen LogP contribution in [0.1, 0.15) is 24.8 Å². The summed E-state index contributed by atoms with van der Waals surface area (Å²) in [7, 11) is 0. The zero-order valence-corrected chi connectivity index (χ0v) is 9.67. The third kappa shape index (κ3) is 2.83. The van der Waals surface area contributed by atoms with E-state index >= 15 is 0 Å². The van der Waals surface area contributed by atoms with Crippen LogP contribution in [0.3, 0.4) is 0 Å². The van der Waals surface area contributed by atoms with Crippen molar-refractivity contribution < 1.29 is 9.50 Å². The molecule has 0 bridgehead atoms. The molecule has 86 valence electrons. The molecule has 0 heterocycles. The van der Waals surface area contributed by atoms with Crippen LogP contribution < -0.4 is 0 Å². The Labute approximate surface area is 99.6 Å². The summed E-state index contributed by atoms with van der Waals surface area (Å²) >= 11 is 5.96. The van der Waals surface area contributed by atoms with Crippen LogP contribution in [0.25, 0.3) is 0 Å².